The van der Waals surface area contributed by atoms with Crippen LogP contribution in [0.2, 0.25) is 0 Å². The smallest absolute Gasteiger partial charge is 0.261 e. The van der Waals surface area contributed by atoms with E-state index in [1.54, 1.807) is 6.07 Å². The zero-order chi connectivity index (χ0) is 14.6. The third kappa shape index (κ3) is 5.87. The molecule has 3 nitrogen and oxygen atoms in total. The van der Waals surface area contributed by atoms with Crippen molar-refractivity contribution in [2.45, 2.75) is 46.3 Å². The van der Waals surface area contributed by atoms with Gasteiger partial charge in [0.15, 0.2) is 0 Å². The first-order valence-electron chi connectivity index (χ1n) is 6.13. The SMILES string of the molecule is CC(C)OC(=S)Nc1cc(F)ccc1OC(C)(C)C. The van der Waals surface area contributed by atoms with Crippen LogP contribution in [0.15, 0.2) is 18.2 Å². The molecule has 0 bridgehead atoms. The van der Waals surface area contributed by atoms with Crippen molar-refractivity contribution in [1.82, 2.24) is 0 Å². The average molecular weight is 285 g/mol. The van der Waals surface area contributed by atoms with Gasteiger partial charge in [0.25, 0.3) is 5.17 Å². The van der Waals surface area contributed by atoms with E-state index in [9.17, 15) is 4.39 Å². The minimum absolute atomic E-state index is 0.0412. The van der Waals surface area contributed by atoms with Crippen LogP contribution >= 0.6 is 12.2 Å². The molecule has 1 aromatic carbocycles. The molecule has 0 saturated heterocycles. The van der Waals surface area contributed by atoms with Gasteiger partial charge in [-0.3, -0.25) is 0 Å². The fourth-order valence-corrected chi connectivity index (χ4v) is 1.67. The van der Waals surface area contributed by atoms with Crippen molar-refractivity contribution in [3.05, 3.63) is 24.0 Å². The second kappa shape index (κ2) is 6.19. The molecule has 19 heavy (non-hydrogen) atoms. The highest BCUT2D eigenvalue weighted by Crippen LogP contribution is 2.29. The molecule has 0 spiro atoms. The zero-order valence-corrected chi connectivity index (χ0v) is 12.7. The Bertz CT molecular complexity index is 455. The van der Waals surface area contributed by atoms with Gasteiger partial charge in [0.1, 0.15) is 17.2 Å². The number of hydrogen-bond acceptors (Lipinski definition) is 3. The van der Waals surface area contributed by atoms with E-state index in [1.807, 2.05) is 34.6 Å². The molecular weight excluding hydrogens is 265 g/mol. The molecule has 0 amide bonds. The minimum Gasteiger partial charge on any atom is -0.486 e. The molecule has 1 rings (SSSR count). The lowest BCUT2D eigenvalue weighted by atomic mass is 10.2. The van der Waals surface area contributed by atoms with Gasteiger partial charge in [-0.25, -0.2) is 4.39 Å². The molecule has 0 aliphatic heterocycles. The third-order valence-electron chi connectivity index (χ3n) is 1.94. The highest BCUT2D eigenvalue weighted by molar-refractivity contribution is 7.80. The second-order valence-electron chi connectivity index (χ2n) is 5.43. The summed E-state index contributed by atoms with van der Waals surface area (Å²) in [5.41, 5.74) is 0.0787. The summed E-state index contributed by atoms with van der Waals surface area (Å²) in [5.74, 6) is 0.166. The minimum atomic E-state index is -0.380. The van der Waals surface area contributed by atoms with Gasteiger partial charge in [0, 0.05) is 6.07 Å². The van der Waals surface area contributed by atoms with Crippen molar-refractivity contribution < 1.29 is 13.9 Å². The van der Waals surface area contributed by atoms with Gasteiger partial charge < -0.3 is 14.8 Å². The molecule has 0 fully saturated rings. The maximum atomic E-state index is 13.3. The van der Waals surface area contributed by atoms with Crippen LogP contribution in [0, 0.1) is 5.82 Å². The molecule has 0 aliphatic rings. The van der Waals surface area contributed by atoms with Gasteiger partial charge in [-0.05, 0) is 59.0 Å². The molecular formula is C14H20FNO2S. The van der Waals surface area contributed by atoms with Gasteiger partial charge in [-0.1, -0.05) is 0 Å². The molecule has 1 N–H and O–H groups in total. The van der Waals surface area contributed by atoms with Gasteiger partial charge in [0.2, 0.25) is 0 Å². The van der Waals surface area contributed by atoms with Crippen molar-refractivity contribution in [3.8, 4) is 5.75 Å². The number of thiocarbonyl (C=S) groups is 1. The summed E-state index contributed by atoms with van der Waals surface area (Å²) in [6, 6.07) is 4.25. The number of halogens is 1. The molecule has 0 atom stereocenters. The maximum absolute atomic E-state index is 13.3. The summed E-state index contributed by atoms with van der Waals surface area (Å²) in [6.07, 6.45) is -0.0412. The predicted molar refractivity (Wildman–Crippen MR) is 79.2 cm³/mol. The van der Waals surface area contributed by atoms with E-state index in [0.717, 1.165) is 0 Å². The van der Waals surface area contributed by atoms with Crippen LogP contribution in [0.3, 0.4) is 0 Å². The van der Waals surface area contributed by atoms with Crippen LogP contribution in [-0.2, 0) is 4.74 Å². The summed E-state index contributed by atoms with van der Waals surface area (Å²) in [4.78, 5) is 0. The third-order valence-corrected chi connectivity index (χ3v) is 2.14. The molecule has 0 aromatic heterocycles. The molecule has 0 unspecified atom stereocenters. The van der Waals surface area contributed by atoms with E-state index in [0.29, 0.717) is 11.4 Å². The van der Waals surface area contributed by atoms with Crippen LogP contribution in [0.5, 0.6) is 5.75 Å². The van der Waals surface area contributed by atoms with Crippen LogP contribution < -0.4 is 10.1 Å². The molecule has 5 heteroatoms. The lowest BCUT2D eigenvalue weighted by Gasteiger charge is -2.24. The topological polar surface area (TPSA) is 30.5 Å². The lowest BCUT2D eigenvalue weighted by Crippen LogP contribution is -2.24. The van der Waals surface area contributed by atoms with E-state index in [1.165, 1.54) is 12.1 Å². The van der Waals surface area contributed by atoms with Gasteiger partial charge in [-0.15, -0.1) is 0 Å². The average Bonchev–Trinajstić information content (AvgIpc) is 2.19. The number of anilines is 1. The van der Waals surface area contributed by atoms with Crippen molar-refractivity contribution >= 4 is 23.1 Å². The van der Waals surface area contributed by atoms with Crippen LogP contribution in [-0.4, -0.2) is 16.9 Å². The Hall–Kier alpha value is -1.36. The van der Waals surface area contributed by atoms with E-state index in [2.05, 4.69) is 5.32 Å². The van der Waals surface area contributed by atoms with Gasteiger partial charge in [0.05, 0.1) is 11.8 Å². The van der Waals surface area contributed by atoms with Gasteiger partial charge >= 0.3 is 0 Å². The molecule has 0 aliphatic carbocycles. The zero-order valence-electron chi connectivity index (χ0n) is 11.9. The molecule has 0 saturated carbocycles. The first-order chi connectivity index (χ1) is 8.67. The lowest BCUT2D eigenvalue weighted by molar-refractivity contribution is 0.131. The van der Waals surface area contributed by atoms with Gasteiger partial charge in [-0.2, -0.15) is 0 Å². The van der Waals surface area contributed by atoms with Crippen molar-refractivity contribution in [1.29, 1.82) is 0 Å². The molecule has 106 valence electrons. The second-order valence-corrected chi connectivity index (χ2v) is 5.80. The monoisotopic (exact) mass is 285 g/mol. The number of hydrogen-bond donors (Lipinski definition) is 1. The number of ether oxygens (including phenoxy) is 2. The Morgan fingerprint density at radius 3 is 2.47 bits per heavy atom. The van der Waals surface area contributed by atoms with E-state index in [4.69, 9.17) is 21.7 Å². The molecule has 1 aromatic rings. The first kappa shape index (κ1) is 15.7. The maximum Gasteiger partial charge on any atom is 0.261 e. The number of benzene rings is 1. The largest absolute Gasteiger partial charge is 0.486 e. The Morgan fingerprint density at radius 2 is 1.95 bits per heavy atom. The fraction of sp³-hybridized carbons (Fsp3) is 0.500. The Labute approximate surface area is 119 Å². The summed E-state index contributed by atoms with van der Waals surface area (Å²) < 4.78 is 24.4. The normalized spacial score (nSPS) is 11.3. The highest BCUT2D eigenvalue weighted by Gasteiger charge is 2.16. The Kier molecular flexibility index (Phi) is 5.11. The standard InChI is InChI=1S/C14H20FNO2S/c1-9(2)17-13(19)16-11-8-10(15)6-7-12(11)18-14(3,4)5/h6-9H,1-5H3,(H,16,19). The number of nitrogens with one attached hydrogen (secondary N) is 1. The Morgan fingerprint density at radius 1 is 1.32 bits per heavy atom. The summed E-state index contributed by atoms with van der Waals surface area (Å²) in [7, 11) is 0. The van der Waals surface area contributed by atoms with Crippen LogP contribution in [0.25, 0.3) is 0 Å². The molecule has 0 radical (unpaired) electrons. The van der Waals surface area contributed by atoms with Crippen molar-refractivity contribution in [2.75, 3.05) is 5.32 Å². The van der Waals surface area contributed by atoms with E-state index in [-0.39, 0.29) is 22.7 Å². The van der Waals surface area contributed by atoms with Crippen LogP contribution in [0.4, 0.5) is 10.1 Å². The Balaban J connectivity index is 2.91. The summed E-state index contributed by atoms with van der Waals surface area (Å²) >= 11 is 5.05. The van der Waals surface area contributed by atoms with Crippen molar-refractivity contribution in [2.24, 2.45) is 0 Å². The fourth-order valence-electron chi connectivity index (χ4n) is 1.37. The van der Waals surface area contributed by atoms with Crippen LogP contribution in [0.1, 0.15) is 34.6 Å². The quantitative estimate of drug-likeness (QED) is 0.846. The summed E-state index contributed by atoms with van der Waals surface area (Å²) in [5, 5.41) is 3.04. The van der Waals surface area contributed by atoms with Crippen molar-refractivity contribution in [3.63, 3.8) is 0 Å². The number of rotatable bonds is 3. The van der Waals surface area contributed by atoms with E-state index >= 15 is 0 Å². The first-order valence-corrected chi connectivity index (χ1v) is 6.54. The predicted octanol–water partition coefficient (Wildman–Crippen LogP) is 4.12. The highest BCUT2D eigenvalue weighted by atomic mass is 32.1. The summed E-state index contributed by atoms with van der Waals surface area (Å²) in [6.45, 7) is 9.49. The van der Waals surface area contributed by atoms with E-state index < -0.39 is 0 Å². The molecule has 0 heterocycles.